The molecule has 1 aromatic heterocycles. The summed E-state index contributed by atoms with van der Waals surface area (Å²) in [6.45, 7) is 4.02. The Labute approximate surface area is 109 Å². The van der Waals surface area contributed by atoms with Crippen molar-refractivity contribution in [2.75, 3.05) is 19.8 Å². The Hall–Kier alpha value is -0.870. The number of nitrogens with one attached hydrogen (secondary N) is 1. The third-order valence-corrected chi connectivity index (χ3v) is 3.90. The maximum Gasteiger partial charge on any atom is 0.0948 e. The van der Waals surface area contributed by atoms with Crippen LogP contribution in [0.15, 0.2) is 12.5 Å². The van der Waals surface area contributed by atoms with E-state index in [2.05, 4.69) is 14.9 Å². The number of hydrogen-bond acceptors (Lipinski definition) is 3. The van der Waals surface area contributed by atoms with Crippen molar-refractivity contribution in [2.24, 2.45) is 5.92 Å². The molecule has 1 aromatic rings. The quantitative estimate of drug-likeness (QED) is 0.752. The maximum atomic E-state index is 5.67. The molecular formula is C14H23N3O. The number of imidazole rings is 1. The van der Waals surface area contributed by atoms with Gasteiger partial charge in [0.25, 0.3) is 0 Å². The summed E-state index contributed by atoms with van der Waals surface area (Å²) in [6, 6.07) is 0.514. The largest absolute Gasteiger partial charge is 0.381 e. The van der Waals surface area contributed by atoms with Crippen molar-refractivity contribution in [3.05, 3.63) is 18.2 Å². The van der Waals surface area contributed by atoms with Crippen LogP contribution in [0.5, 0.6) is 0 Å². The summed E-state index contributed by atoms with van der Waals surface area (Å²) in [6.07, 6.45) is 10.3. The maximum absolute atomic E-state index is 5.67. The van der Waals surface area contributed by atoms with Crippen LogP contribution in [-0.4, -0.2) is 29.3 Å². The highest BCUT2D eigenvalue weighted by atomic mass is 16.5. The minimum Gasteiger partial charge on any atom is -0.381 e. The lowest BCUT2D eigenvalue weighted by molar-refractivity contribution is 0.119. The van der Waals surface area contributed by atoms with Crippen molar-refractivity contribution in [1.29, 1.82) is 0 Å². The molecule has 1 saturated heterocycles. The zero-order valence-electron chi connectivity index (χ0n) is 11.0. The average Bonchev–Trinajstić information content (AvgIpc) is 2.89. The summed E-state index contributed by atoms with van der Waals surface area (Å²) in [5, 5.41) is 3.53. The SMILES string of the molecule is c1ncn(CCCOCC2CC2)c1[C@@H]1CCCN1. The molecule has 1 saturated carbocycles. The topological polar surface area (TPSA) is 39.1 Å². The average molecular weight is 249 g/mol. The van der Waals surface area contributed by atoms with Crippen molar-refractivity contribution in [1.82, 2.24) is 14.9 Å². The number of ether oxygens (including phenoxy) is 1. The Morgan fingerprint density at radius 1 is 1.39 bits per heavy atom. The van der Waals surface area contributed by atoms with Crippen molar-refractivity contribution < 1.29 is 4.74 Å². The standard InChI is InChI=1S/C14H23N3O/c1-3-13(16-6-1)14-9-15-11-17(14)7-2-8-18-10-12-4-5-12/h9,11-13,16H,1-8,10H2/t13-/m0/s1. The molecule has 0 aromatic carbocycles. The summed E-state index contributed by atoms with van der Waals surface area (Å²) in [5.74, 6) is 0.872. The highest BCUT2D eigenvalue weighted by Gasteiger charge is 2.21. The van der Waals surface area contributed by atoms with Gasteiger partial charge in [0, 0.05) is 32.0 Å². The van der Waals surface area contributed by atoms with Crippen LogP contribution in [0.3, 0.4) is 0 Å². The normalized spacial score (nSPS) is 23.7. The molecule has 1 aliphatic heterocycles. The van der Waals surface area contributed by atoms with E-state index in [0.29, 0.717) is 6.04 Å². The Bertz CT molecular complexity index is 367. The predicted molar refractivity (Wildman–Crippen MR) is 70.4 cm³/mol. The van der Waals surface area contributed by atoms with Crippen LogP contribution >= 0.6 is 0 Å². The van der Waals surface area contributed by atoms with Crippen LogP contribution in [0.1, 0.15) is 43.8 Å². The number of rotatable bonds is 7. The molecule has 4 nitrogen and oxygen atoms in total. The third-order valence-electron chi connectivity index (χ3n) is 3.90. The second kappa shape index (κ2) is 5.85. The van der Waals surface area contributed by atoms with Crippen LogP contribution in [0, 0.1) is 5.92 Å². The first-order valence-corrected chi connectivity index (χ1v) is 7.24. The van der Waals surface area contributed by atoms with Crippen LogP contribution in [0.2, 0.25) is 0 Å². The van der Waals surface area contributed by atoms with Gasteiger partial charge < -0.3 is 14.6 Å². The van der Waals surface area contributed by atoms with E-state index < -0.39 is 0 Å². The molecule has 0 unspecified atom stereocenters. The van der Waals surface area contributed by atoms with Gasteiger partial charge in [0.15, 0.2) is 0 Å². The molecule has 2 heterocycles. The van der Waals surface area contributed by atoms with E-state index in [4.69, 9.17) is 4.74 Å². The first-order valence-electron chi connectivity index (χ1n) is 7.24. The molecule has 3 rings (SSSR count). The summed E-state index contributed by atoms with van der Waals surface area (Å²) >= 11 is 0. The van der Waals surface area contributed by atoms with Gasteiger partial charge in [0.2, 0.25) is 0 Å². The molecule has 100 valence electrons. The minimum absolute atomic E-state index is 0.514. The molecule has 0 radical (unpaired) electrons. The highest BCUT2D eigenvalue weighted by Crippen LogP contribution is 2.28. The third kappa shape index (κ3) is 3.12. The number of aryl methyl sites for hydroxylation is 1. The van der Waals surface area contributed by atoms with Gasteiger partial charge in [0.1, 0.15) is 0 Å². The molecular weight excluding hydrogens is 226 g/mol. The fourth-order valence-electron chi connectivity index (χ4n) is 2.62. The number of nitrogens with zero attached hydrogens (tertiary/aromatic N) is 2. The summed E-state index contributed by atoms with van der Waals surface area (Å²) in [5.41, 5.74) is 1.34. The smallest absolute Gasteiger partial charge is 0.0948 e. The van der Waals surface area contributed by atoms with Crippen LogP contribution < -0.4 is 5.32 Å². The van der Waals surface area contributed by atoms with E-state index in [-0.39, 0.29) is 0 Å². The zero-order valence-corrected chi connectivity index (χ0v) is 11.0. The molecule has 2 fully saturated rings. The lowest BCUT2D eigenvalue weighted by Gasteiger charge is -2.13. The van der Waals surface area contributed by atoms with E-state index >= 15 is 0 Å². The Balaban J connectivity index is 1.42. The fraction of sp³-hybridized carbons (Fsp3) is 0.786. The van der Waals surface area contributed by atoms with Gasteiger partial charge in [0.05, 0.1) is 12.0 Å². The number of hydrogen-bond donors (Lipinski definition) is 1. The van der Waals surface area contributed by atoms with Gasteiger partial charge in [-0.25, -0.2) is 4.98 Å². The Kier molecular flexibility index (Phi) is 3.96. The Morgan fingerprint density at radius 3 is 3.11 bits per heavy atom. The molecule has 18 heavy (non-hydrogen) atoms. The van der Waals surface area contributed by atoms with E-state index in [0.717, 1.165) is 38.6 Å². The second-order valence-electron chi connectivity index (χ2n) is 5.53. The first-order chi connectivity index (χ1) is 8.93. The fourth-order valence-corrected chi connectivity index (χ4v) is 2.62. The lowest BCUT2D eigenvalue weighted by atomic mass is 10.2. The molecule has 1 atom stereocenters. The summed E-state index contributed by atoms with van der Waals surface area (Å²) < 4.78 is 7.95. The van der Waals surface area contributed by atoms with E-state index in [1.54, 1.807) is 0 Å². The molecule has 1 N–H and O–H groups in total. The molecule has 0 amide bonds. The summed E-state index contributed by atoms with van der Waals surface area (Å²) in [7, 11) is 0. The molecule has 0 spiro atoms. The second-order valence-corrected chi connectivity index (χ2v) is 5.53. The van der Waals surface area contributed by atoms with E-state index in [1.165, 1.54) is 31.4 Å². The van der Waals surface area contributed by atoms with Crippen LogP contribution in [-0.2, 0) is 11.3 Å². The minimum atomic E-state index is 0.514. The van der Waals surface area contributed by atoms with Gasteiger partial charge in [-0.2, -0.15) is 0 Å². The zero-order chi connectivity index (χ0) is 12.2. The number of aromatic nitrogens is 2. The van der Waals surface area contributed by atoms with Gasteiger partial charge in [-0.3, -0.25) is 0 Å². The predicted octanol–water partition coefficient (Wildman–Crippen LogP) is 2.12. The van der Waals surface area contributed by atoms with Gasteiger partial charge in [-0.15, -0.1) is 0 Å². The lowest BCUT2D eigenvalue weighted by Crippen LogP contribution is -2.17. The van der Waals surface area contributed by atoms with Gasteiger partial charge in [-0.05, 0) is 44.6 Å². The molecule has 2 aliphatic rings. The van der Waals surface area contributed by atoms with Crippen molar-refractivity contribution in [2.45, 2.75) is 44.7 Å². The molecule has 0 bridgehead atoms. The summed E-state index contributed by atoms with van der Waals surface area (Å²) in [4.78, 5) is 4.29. The van der Waals surface area contributed by atoms with Crippen LogP contribution in [0.4, 0.5) is 0 Å². The highest BCUT2D eigenvalue weighted by molar-refractivity contribution is 5.07. The monoisotopic (exact) mass is 249 g/mol. The van der Waals surface area contributed by atoms with Gasteiger partial charge >= 0.3 is 0 Å². The Morgan fingerprint density at radius 2 is 2.33 bits per heavy atom. The first kappa shape index (κ1) is 12.2. The van der Waals surface area contributed by atoms with Crippen molar-refractivity contribution in [3.63, 3.8) is 0 Å². The molecule has 1 aliphatic carbocycles. The van der Waals surface area contributed by atoms with Crippen molar-refractivity contribution in [3.8, 4) is 0 Å². The molecule has 4 heteroatoms. The van der Waals surface area contributed by atoms with Crippen molar-refractivity contribution >= 4 is 0 Å². The van der Waals surface area contributed by atoms with Gasteiger partial charge in [-0.1, -0.05) is 0 Å². The van der Waals surface area contributed by atoms with E-state index in [1.807, 2.05) is 12.5 Å². The van der Waals surface area contributed by atoms with Crippen LogP contribution in [0.25, 0.3) is 0 Å². The van der Waals surface area contributed by atoms with E-state index in [9.17, 15) is 0 Å².